The molecule has 0 saturated carbocycles. The molecule has 196 valence electrons. The predicted octanol–water partition coefficient (Wildman–Crippen LogP) is 4.38. The monoisotopic (exact) mass is 505 g/mol. The molecule has 2 aliphatic rings. The lowest BCUT2D eigenvalue weighted by atomic mass is 9.95. The van der Waals surface area contributed by atoms with Gasteiger partial charge in [-0.15, -0.1) is 0 Å². The number of nitrogens with one attached hydrogen (secondary N) is 1. The molecule has 2 fully saturated rings. The van der Waals surface area contributed by atoms with E-state index >= 15 is 0 Å². The van der Waals surface area contributed by atoms with Crippen LogP contribution in [-0.4, -0.2) is 63.4 Å². The molecule has 2 saturated heterocycles. The van der Waals surface area contributed by atoms with Crippen molar-refractivity contribution < 1.29 is 14.0 Å². The van der Waals surface area contributed by atoms with E-state index in [4.69, 9.17) is 0 Å². The number of aromatic nitrogens is 2. The van der Waals surface area contributed by atoms with E-state index in [1.807, 2.05) is 43.3 Å². The molecule has 7 nitrogen and oxygen atoms in total. The average Bonchev–Trinajstić information content (AvgIpc) is 3.34. The Bertz CT molecular complexity index is 1260. The van der Waals surface area contributed by atoms with E-state index in [9.17, 15) is 14.0 Å². The highest BCUT2D eigenvalue weighted by atomic mass is 19.1. The van der Waals surface area contributed by atoms with Crippen molar-refractivity contribution in [3.63, 3.8) is 0 Å². The third-order valence-corrected chi connectivity index (χ3v) is 8.20. The van der Waals surface area contributed by atoms with Crippen molar-refractivity contribution in [3.8, 4) is 0 Å². The van der Waals surface area contributed by atoms with Gasteiger partial charge in [0.25, 0.3) is 0 Å². The van der Waals surface area contributed by atoms with E-state index in [0.717, 1.165) is 55.6 Å². The van der Waals surface area contributed by atoms with Gasteiger partial charge in [0.05, 0.1) is 18.1 Å². The van der Waals surface area contributed by atoms with Gasteiger partial charge in [-0.1, -0.05) is 36.4 Å². The van der Waals surface area contributed by atoms with Crippen LogP contribution in [-0.2, 0) is 9.59 Å². The Kier molecular flexibility index (Phi) is 7.29. The fourth-order valence-corrected chi connectivity index (χ4v) is 6.33. The summed E-state index contributed by atoms with van der Waals surface area (Å²) in [4.78, 5) is 32.9. The molecule has 3 aromatic rings. The molecule has 4 atom stereocenters. The number of carbonyl (C=O) groups is 2. The van der Waals surface area contributed by atoms with Crippen molar-refractivity contribution in [2.24, 2.45) is 0 Å². The molecule has 2 aromatic carbocycles. The third kappa shape index (κ3) is 5.25. The molecule has 2 bridgehead atoms. The molecule has 0 unspecified atom stereocenters. The highest BCUT2D eigenvalue weighted by Crippen LogP contribution is 2.42. The first-order valence-electron chi connectivity index (χ1n) is 13.3. The molecular formula is C29H36FN5O2. The largest absolute Gasteiger partial charge is 0.348 e. The van der Waals surface area contributed by atoms with E-state index in [1.165, 1.54) is 17.9 Å². The van der Waals surface area contributed by atoms with Gasteiger partial charge in [-0.3, -0.25) is 14.5 Å². The van der Waals surface area contributed by atoms with Crippen molar-refractivity contribution in [3.05, 3.63) is 65.7 Å². The molecule has 2 aliphatic heterocycles. The summed E-state index contributed by atoms with van der Waals surface area (Å²) in [5.41, 5.74) is 2.43. The predicted molar refractivity (Wildman–Crippen MR) is 141 cm³/mol. The first-order chi connectivity index (χ1) is 17.8. The zero-order chi connectivity index (χ0) is 26.1. The van der Waals surface area contributed by atoms with Crippen LogP contribution in [0.1, 0.15) is 62.5 Å². The van der Waals surface area contributed by atoms with Crippen molar-refractivity contribution >= 4 is 22.8 Å². The Hall–Kier alpha value is -3.26. The standard InChI is InChI=1S/C29H36FN5O2/c1-19-31-29-25(30)10-7-11-27(29)35(19)24-16-22-12-13-23(17-24)34(22)15-14-26(21-8-5-4-6-9-21)32-28(37)18-33(3)20(2)36/h4-11,22-24,26H,12-18H2,1-3H3,(H,32,37)/t22-,23+,24-,26-/m0/s1. The third-order valence-electron chi connectivity index (χ3n) is 8.20. The molecule has 1 N–H and O–H groups in total. The SMILES string of the molecule is CC(=O)N(C)CC(=O)N[C@@H](CCN1[C@@H]2CC[C@H]1C[C@H](n1c(C)nc3c(F)cccc31)C2)c1ccccc1. The van der Waals surface area contributed by atoms with E-state index in [-0.39, 0.29) is 30.2 Å². The summed E-state index contributed by atoms with van der Waals surface area (Å²) < 4.78 is 16.6. The first-order valence-corrected chi connectivity index (χ1v) is 13.3. The summed E-state index contributed by atoms with van der Waals surface area (Å²) in [7, 11) is 1.64. The number of aryl methyl sites for hydroxylation is 1. The minimum absolute atomic E-state index is 0.0497. The van der Waals surface area contributed by atoms with Crippen LogP contribution in [0, 0.1) is 12.7 Å². The highest BCUT2D eigenvalue weighted by molar-refractivity contribution is 5.83. The van der Waals surface area contributed by atoms with Crippen molar-refractivity contribution in [1.82, 2.24) is 24.7 Å². The molecule has 37 heavy (non-hydrogen) atoms. The Morgan fingerprint density at radius 3 is 2.46 bits per heavy atom. The number of nitrogens with zero attached hydrogens (tertiary/aromatic N) is 4. The van der Waals surface area contributed by atoms with Gasteiger partial charge in [0.1, 0.15) is 11.3 Å². The zero-order valence-electron chi connectivity index (χ0n) is 21.9. The van der Waals surface area contributed by atoms with Gasteiger partial charge >= 0.3 is 0 Å². The lowest BCUT2D eigenvalue weighted by molar-refractivity contribution is -0.133. The Balaban J connectivity index is 1.28. The lowest BCUT2D eigenvalue weighted by Crippen LogP contribution is -2.45. The van der Waals surface area contributed by atoms with Crippen LogP contribution < -0.4 is 5.32 Å². The van der Waals surface area contributed by atoms with Crippen LogP contribution in [0.25, 0.3) is 11.0 Å². The second-order valence-electron chi connectivity index (χ2n) is 10.6. The van der Waals surface area contributed by atoms with E-state index in [1.54, 1.807) is 13.1 Å². The minimum atomic E-state index is -0.261. The number of para-hydroxylation sites is 1. The van der Waals surface area contributed by atoms with Gasteiger partial charge in [0.15, 0.2) is 5.82 Å². The summed E-state index contributed by atoms with van der Waals surface area (Å²) in [6, 6.07) is 16.4. The number of fused-ring (bicyclic) bond motifs is 3. The highest BCUT2D eigenvalue weighted by Gasteiger charge is 2.42. The molecule has 0 radical (unpaired) electrons. The van der Waals surface area contributed by atoms with Crippen LogP contribution >= 0.6 is 0 Å². The number of amides is 2. The molecule has 1 aromatic heterocycles. The number of carbonyl (C=O) groups excluding carboxylic acids is 2. The molecule has 5 rings (SSSR count). The number of halogens is 1. The Morgan fingerprint density at radius 2 is 1.78 bits per heavy atom. The maximum Gasteiger partial charge on any atom is 0.240 e. The fourth-order valence-electron chi connectivity index (χ4n) is 6.33. The van der Waals surface area contributed by atoms with Gasteiger partial charge < -0.3 is 14.8 Å². The van der Waals surface area contributed by atoms with Crippen LogP contribution in [0.5, 0.6) is 0 Å². The summed E-state index contributed by atoms with van der Waals surface area (Å²) >= 11 is 0. The molecule has 3 heterocycles. The second-order valence-corrected chi connectivity index (χ2v) is 10.6. The number of hydrogen-bond donors (Lipinski definition) is 1. The number of likely N-dealkylation sites (N-methyl/N-ethyl adjacent to an activating group) is 1. The zero-order valence-corrected chi connectivity index (χ0v) is 21.9. The minimum Gasteiger partial charge on any atom is -0.348 e. The van der Waals surface area contributed by atoms with Crippen LogP contribution in [0.15, 0.2) is 48.5 Å². The van der Waals surface area contributed by atoms with Crippen molar-refractivity contribution in [2.75, 3.05) is 20.1 Å². The van der Waals surface area contributed by atoms with Gasteiger partial charge in [-0.05, 0) is 56.7 Å². The number of piperidine rings is 1. The Morgan fingerprint density at radius 1 is 1.08 bits per heavy atom. The quantitative estimate of drug-likeness (QED) is 0.493. The second kappa shape index (κ2) is 10.6. The summed E-state index contributed by atoms with van der Waals surface area (Å²) in [5, 5.41) is 3.17. The smallest absolute Gasteiger partial charge is 0.240 e. The number of hydrogen-bond acceptors (Lipinski definition) is 4. The molecule has 2 amide bonds. The van der Waals surface area contributed by atoms with Crippen LogP contribution in [0.2, 0.25) is 0 Å². The van der Waals surface area contributed by atoms with Gasteiger partial charge in [0.2, 0.25) is 11.8 Å². The maximum absolute atomic E-state index is 14.4. The first kappa shape index (κ1) is 25.4. The van der Waals surface area contributed by atoms with Gasteiger partial charge in [-0.25, -0.2) is 9.37 Å². The van der Waals surface area contributed by atoms with Gasteiger partial charge in [-0.2, -0.15) is 0 Å². The van der Waals surface area contributed by atoms with Crippen molar-refractivity contribution in [2.45, 2.75) is 70.1 Å². The van der Waals surface area contributed by atoms with E-state index < -0.39 is 0 Å². The molecule has 0 spiro atoms. The van der Waals surface area contributed by atoms with Crippen LogP contribution in [0.4, 0.5) is 4.39 Å². The molecule has 8 heteroatoms. The maximum atomic E-state index is 14.4. The summed E-state index contributed by atoms with van der Waals surface area (Å²) in [6.45, 7) is 4.38. The van der Waals surface area contributed by atoms with E-state index in [2.05, 4.69) is 19.8 Å². The Labute approximate surface area is 217 Å². The summed E-state index contributed by atoms with van der Waals surface area (Å²) in [6.07, 6.45) is 5.16. The normalized spacial score (nSPS) is 22.2. The average molecular weight is 506 g/mol. The topological polar surface area (TPSA) is 70.5 Å². The number of rotatable bonds is 8. The molecular weight excluding hydrogens is 469 g/mol. The van der Waals surface area contributed by atoms with Crippen molar-refractivity contribution in [1.29, 1.82) is 0 Å². The van der Waals surface area contributed by atoms with Crippen LogP contribution in [0.3, 0.4) is 0 Å². The number of imidazole rings is 1. The van der Waals surface area contributed by atoms with Gasteiger partial charge in [0, 0.05) is 38.6 Å². The molecule has 0 aliphatic carbocycles. The number of benzene rings is 2. The summed E-state index contributed by atoms with van der Waals surface area (Å²) in [5.74, 6) is 0.334. The fraction of sp³-hybridized carbons (Fsp3) is 0.483. The van der Waals surface area contributed by atoms with E-state index in [0.29, 0.717) is 23.6 Å². The lowest BCUT2D eigenvalue weighted by Gasteiger charge is -2.40.